The summed E-state index contributed by atoms with van der Waals surface area (Å²) in [5.74, 6) is 0. The Kier molecular flexibility index (Phi) is 2.17. The molecule has 1 aromatic carbocycles. The van der Waals surface area contributed by atoms with Crippen LogP contribution < -0.4 is 16.4 Å². The highest BCUT2D eigenvalue weighted by atomic mass is 14.0. The second kappa shape index (κ2) is 2.81. The normalized spacial score (nSPS) is 10.0. The van der Waals surface area contributed by atoms with E-state index in [4.69, 9.17) is 23.5 Å². The van der Waals surface area contributed by atoms with Crippen molar-refractivity contribution < 1.29 is 0 Å². The molecule has 0 nitrogen and oxygen atoms in total. The molecule has 0 amide bonds. The lowest BCUT2D eigenvalue weighted by Gasteiger charge is -2.12. The van der Waals surface area contributed by atoms with Crippen LogP contribution in [0.25, 0.3) is 0 Å². The molecule has 0 aliphatic heterocycles. The summed E-state index contributed by atoms with van der Waals surface area (Å²) < 4.78 is 0. The molecule has 0 fully saturated rings. The smallest absolute Gasteiger partial charge is 0.110 e. The van der Waals surface area contributed by atoms with Gasteiger partial charge in [0.05, 0.1) is 0 Å². The maximum absolute atomic E-state index is 5.65. The van der Waals surface area contributed by atoms with Gasteiger partial charge in [0.2, 0.25) is 0 Å². The van der Waals surface area contributed by atoms with Crippen LogP contribution in [-0.4, -0.2) is 23.5 Å². The summed E-state index contributed by atoms with van der Waals surface area (Å²) in [6, 6.07) is 1.93. The third-order valence-electron chi connectivity index (χ3n) is 1.86. The summed E-state index contributed by atoms with van der Waals surface area (Å²) in [5.41, 5.74) is 3.65. The molecule has 11 heavy (non-hydrogen) atoms. The van der Waals surface area contributed by atoms with Crippen LogP contribution in [0.4, 0.5) is 0 Å². The zero-order valence-corrected chi connectivity index (χ0v) is 6.81. The Morgan fingerprint density at radius 2 is 1.18 bits per heavy atom. The molecule has 0 saturated carbocycles. The van der Waals surface area contributed by atoms with E-state index in [1.165, 1.54) is 0 Å². The van der Waals surface area contributed by atoms with E-state index >= 15 is 0 Å². The van der Waals surface area contributed by atoms with Gasteiger partial charge >= 0.3 is 0 Å². The third-order valence-corrected chi connectivity index (χ3v) is 1.86. The van der Waals surface area contributed by atoms with Crippen molar-refractivity contribution in [2.45, 2.75) is 13.8 Å². The summed E-state index contributed by atoms with van der Waals surface area (Å²) in [6.07, 6.45) is 0. The fourth-order valence-corrected chi connectivity index (χ4v) is 1.05. The molecule has 0 bridgehead atoms. The molecule has 1 aromatic rings. The molecule has 0 aliphatic rings. The molecule has 48 valence electrons. The van der Waals surface area contributed by atoms with Gasteiger partial charge < -0.3 is 0 Å². The van der Waals surface area contributed by atoms with Crippen molar-refractivity contribution in [2.75, 3.05) is 0 Å². The topological polar surface area (TPSA) is 0 Å². The largest absolute Gasteiger partial charge is 0.113 e. The Labute approximate surface area is 71.6 Å². The molecule has 3 heteroatoms. The molecule has 0 atom stereocenters. The van der Waals surface area contributed by atoms with E-state index in [0.717, 1.165) is 11.1 Å². The number of benzene rings is 1. The Bertz CT molecular complexity index is 266. The van der Waals surface area contributed by atoms with Crippen LogP contribution in [-0.2, 0) is 0 Å². The molecule has 1 rings (SSSR count). The second-order valence-electron chi connectivity index (χ2n) is 2.75. The van der Waals surface area contributed by atoms with E-state index in [-0.39, 0.29) is 0 Å². The van der Waals surface area contributed by atoms with Crippen LogP contribution in [0.2, 0.25) is 0 Å². The van der Waals surface area contributed by atoms with E-state index in [1.807, 2.05) is 19.9 Å². The lowest BCUT2D eigenvalue weighted by molar-refractivity contribution is 1.45. The Morgan fingerprint density at radius 1 is 0.818 bits per heavy atom. The predicted octanol–water partition coefficient (Wildman–Crippen LogP) is -1.32. The summed E-state index contributed by atoms with van der Waals surface area (Å²) in [6.45, 7) is 3.83. The van der Waals surface area contributed by atoms with Crippen LogP contribution in [0.15, 0.2) is 6.07 Å². The lowest BCUT2D eigenvalue weighted by Crippen LogP contribution is -2.41. The van der Waals surface area contributed by atoms with Crippen LogP contribution in [0.3, 0.4) is 0 Å². The molecular weight excluding hydrogens is 129 g/mol. The maximum Gasteiger partial charge on any atom is 0.113 e. The minimum absolute atomic E-state index is 0.502. The van der Waals surface area contributed by atoms with Gasteiger partial charge in [-0.1, -0.05) is 17.2 Å². The maximum atomic E-state index is 5.65. The molecule has 0 N–H and O–H groups in total. The van der Waals surface area contributed by atoms with E-state index in [1.54, 1.807) is 0 Å². The fraction of sp³-hybridized carbons (Fsp3) is 0.250. The van der Waals surface area contributed by atoms with E-state index in [9.17, 15) is 0 Å². The first-order valence-electron chi connectivity index (χ1n) is 3.44. The molecule has 0 heterocycles. The predicted molar refractivity (Wildman–Crippen MR) is 52.1 cm³/mol. The van der Waals surface area contributed by atoms with Gasteiger partial charge in [-0.25, -0.2) is 0 Å². The number of hydrogen-bond acceptors (Lipinski definition) is 0. The van der Waals surface area contributed by atoms with Gasteiger partial charge in [-0.2, -0.15) is 0 Å². The molecule has 0 spiro atoms. The van der Waals surface area contributed by atoms with Gasteiger partial charge in [-0.3, -0.25) is 0 Å². The minimum atomic E-state index is 0.502. The van der Waals surface area contributed by atoms with Crippen molar-refractivity contribution in [1.29, 1.82) is 0 Å². The first-order chi connectivity index (χ1) is 5.04. The molecular formula is C8H7B3. The third kappa shape index (κ3) is 1.37. The summed E-state index contributed by atoms with van der Waals surface area (Å²) in [7, 11) is 16.9. The first kappa shape index (κ1) is 8.51. The van der Waals surface area contributed by atoms with Crippen LogP contribution in [0.1, 0.15) is 11.1 Å². The van der Waals surface area contributed by atoms with E-state index in [0.29, 0.717) is 16.4 Å². The Morgan fingerprint density at radius 3 is 1.55 bits per heavy atom. The summed E-state index contributed by atoms with van der Waals surface area (Å²) in [5, 5.41) is 0. The van der Waals surface area contributed by atoms with Gasteiger partial charge in [0, 0.05) is 0 Å². The molecule has 0 aromatic heterocycles. The van der Waals surface area contributed by atoms with Gasteiger partial charge in [0.15, 0.2) is 0 Å². The average molecular weight is 136 g/mol. The average Bonchev–Trinajstić information content (AvgIpc) is 1.97. The van der Waals surface area contributed by atoms with Crippen LogP contribution >= 0.6 is 0 Å². The highest BCUT2D eigenvalue weighted by molar-refractivity contribution is 6.57. The Hall–Kier alpha value is -0.585. The summed E-state index contributed by atoms with van der Waals surface area (Å²) in [4.78, 5) is 0. The number of hydrogen-bond donors (Lipinski definition) is 0. The van der Waals surface area contributed by atoms with E-state index < -0.39 is 0 Å². The standard InChI is InChI=1S/C8H7B3/c1-4-3-5(2)7(10)8(11)6(4)9/h3H,1-2H3. The van der Waals surface area contributed by atoms with Crippen LogP contribution in [0, 0.1) is 13.8 Å². The van der Waals surface area contributed by atoms with Crippen molar-refractivity contribution >= 4 is 39.9 Å². The highest BCUT2D eigenvalue weighted by Gasteiger charge is 2.01. The summed E-state index contributed by atoms with van der Waals surface area (Å²) >= 11 is 0. The SMILES string of the molecule is [B]c1c(C)cc(C)c([B])c1[B]. The van der Waals surface area contributed by atoms with Gasteiger partial charge in [0.25, 0.3) is 0 Å². The Balaban J connectivity index is 3.46. The van der Waals surface area contributed by atoms with E-state index in [2.05, 4.69) is 0 Å². The van der Waals surface area contributed by atoms with Gasteiger partial charge in [-0.05, 0) is 13.8 Å². The van der Waals surface area contributed by atoms with Crippen molar-refractivity contribution in [3.05, 3.63) is 17.2 Å². The molecule has 6 radical (unpaired) electrons. The first-order valence-corrected chi connectivity index (χ1v) is 3.44. The van der Waals surface area contributed by atoms with Crippen LogP contribution in [0.5, 0.6) is 0 Å². The molecule has 0 unspecified atom stereocenters. The lowest BCUT2D eigenvalue weighted by atomic mass is 9.69. The number of rotatable bonds is 0. The zero-order chi connectivity index (χ0) is 8.59. The minimum Gasteiger partial charge on any atom is -0.110 e. The zero-order valence-electron chi connectivity index (χ0n) is 6.81. The quantitative estimate of drug-likeness (QED) is 0.388. The van der Waals surface area contributed by atoms with Gasteiger partial charge in [-0.15, -0.1) is 16.4 Å². The fourth-order valence-electron chi connectivity index (χ4n) is 1.05. The molecule has 0 saturated heterocycles. The number of aryl methyl sites for hydroxylation is 2. The van der Waals surface area contributed by atoms with Crippen molar-refractivity contribution in [1.82, 2.24) is 0 Å². The highest BCUT2D eigenvalue weighted by Crippen LogP contribution is 1.93. The van der Waals surface area contributed by atoms with Crippen molar-refractivity contribution in [3.63, 3.8) is 0 Å². The molecule has 0 aliphatic carbocycles. The van der Waals surface area contributed by atoms with Crippen molar-refractivity contribution in [2.24, 2.45) is 0 Å². The van der Waals surface area contributed by atoms with Crippen molar-refractivity contribution in [3.8, 4) is 0 Å². The second-order valence-corrected chi connectivity index (χ2v) is 2.75. The van der Waals surface area contributed by atoms with Gasteiger partial charge in [0.1, 0.15) is 23.5 Å². The monoisotopic (exact) mass is 136 g/mol.